The van der Waals surface area contributed by atoms with Gasteiger partial charge in [0.2, 0.25) is 12.7 Å². The third kappa shape index (κ3) is 3.25. The van der Waals surface area contributed by atoms with Gasteiger partial charge in [-0.05, 0) is 36.8 Å². The molecule has 2 N–H and O–H groups in total. The van der Waals surface area contributed by atoms with Gasteiger partial charge in [-0.25, -0.2) is 4.79 Å². The highest BCUT2D eigenvalue weighted by atomic mass is 16.7. The zero-order valence-electron chi connectivity index (χ0n) is 16.6. The minimum absolute atomic E-state index is 0.0992. The molecule has 2 aromatic carbocycles. The van der Waals surface area contributed by atoms with Crippen molar-refractivity contribution in [2.45, 2.75) is 12.5 Å². The smallest absolute Gasteiger partial charge is 0.325 e. The average Bonchev–Trinajstić information content (AvgIpc) is 3.32. The summed E-state index contributed by atoms with van der Waals surface area (Å²) >= 11 is 0. The van der Waals surface area contributed by atoms with Crippen LogP contribution in [0.4, 0.5) is 10.5 Å². The molecule has 0 aromatic heterocycles. The van der Waals surface area contributed by atoms with Crippen LogP contribution in [-0.2, 0) is 15.1 Å². The molecule has 4 amide bonds. The summed E-state index contributed by atoms with van der Waals surface area (Å²) in [5.74, 6) is 1.13. The molecule has 31 heavy (non-hydrogen) atoms. The molecular weight excluding hydrogens is 406 g/mol. The van der Waals surface area contributed by atoms with E-state index in [4.69, 9.17) is 18.9 Å². The van der Waals surface area contributed by atoms with E-state index in [2.05, 4.69) is 10.6 Å². The van der Waals surface area contributed by atoms with Crippen LogP contribution in [0.2, 0.25) is 0 Å². The predicted octanol–water partition coefficient (Wildman–Crippen LogP) is 1.59. The van der Waals surface area contributed by atoms with Gasteiger partial charge in [0, 0.05) is 11.8 Å². The van der Waals surface area contributed by atoms with Crippen LogP contribution in [0, 0.1) is 0 Å². The first kappa shape index (κ1) is 19.0. The number of carbonyl (C=O) groups excluding carboxylic acids is 3. The lowest BCUT2D eigenvalue weighted by Gasteiger charge is -2.22. The van der Waals surface area contributed by atoms with Crippen LogP contribution in [0.3, 0.4) is 0 Å². The minimum atomic E-state index is -1.32. The van der Waals surface area contributed by atoms with E-state index in [0.29, 0.717) is 47.5 Å². The number of carbonyl (C=O) groups is 3. The number of benzene rings is 2. The van der Waals surface area contributed by atoms with Gasteiger partial charge in [-0.1, -0.05) is 6.07 Å². The molecule has 0 aliphatic carbocycles. The minimum Gasteiger partial charge on any atom is -0.486 e. The molecule has 1 fully saturated rings. The maximum atomic E-state index is 13.1. The second-order valence-electron chi connectivity index (χ2n) is 7.42. The Kier molecular flexibility index (Phi) is 4.35. The summed E-state index contributed by atoms with van der Waals surface area (Å²) in [6.07, 6.45) is 0. The highest BCUT2D eigenvalue weighted by molar-refractivity contribution is 6.10. The Balaban J connectivity index is 1.30. The van der Waals surface area contributed by atoms with E-state index >= 15 is 0 Å². The van der Waals surface area contributed by atoms with Crippen molar-refractivity contribution < 1.29 is 33.3 Å². The molecule has 10 heteroatoms. The summed E-state index contributed by atoms with van der Waals surface area (Å²) in [6.45, 7) is 2.14. The summed E-state index contributed by atoms with van der Waals surface area (Å²) in [7, 11) is 0. The number of rotatable bonds is 4. The molecule has 3 aliphatic heterocycles. The Labute approximate surface area is 177 Å². The van der Waals surface area contributed by atoms with Crippen molar-refractivity contribution in [3.05, 3.63) is 42.0 Å². The Morgan fingerprint density at radius 1 is 1.00 bits per heavy atom. The van der Waals surface area contributed by atoms with Gasteiger partial charge < -0.3 is 29.6 Å². The lowest BCUT2D eigenvalue weighted by Crippen LogP contribution is -2.42. The number of fused-ring (bicyclic) bond motifs is 2. The lowest BCUT2D eigenvalue weighted by atomic mass is 9.91. The quantitative estimate of drug-likeness (QED) is 0.715. The van der Waals surface area contributed by atoms with E-state index < -0.39 is 29.9 Å². The predicted molar refractivity (Wildman–Crippen MR) is 106 cm³/mol. The topological polar surface area (TPSA) is 115 Å². The van der Waals surface area contributed by atoms with Gasteiger partial charge in [0.25, 0.3) is 5.91 Å². The van der Waals surface area contributed by atoms with Crippen molar-refractivity contribution in [3.8, 4) is 23.0 Å². The second-order valence-corrected chi connectivity index (χ2v) is 7.42. The van der Waals surface area contributed by atoms with E-state index in [9.17, 15) is 14.4 Å². The van der Waals surface area contributed by atoms with E-state index in [1.807, 2.05) is 0 Å². The third-order valence-electron chi connectivity index (χ3n) is 5.35. The highest BCUT2D eigenvalue weighted by Crippen LogP contribution is 2.38. The fraction of sp³-hybridized carbons (Fsp3) is 0.286. The molecule has 0 unspecified atom stereocenters. The van der Waals surface area contributed by atoms with Gasteiger partial charge in [-0.2, -0.15) is 0 Å². The summed E-state index contributed by atoms with van der Waals surface area (Å²) in [5, 5.41) is 5.35. The maximum absolute atomic E-state index is 13.1. The largest absolute Gasteiger partial charge is 0.486 e. The molecule has 10 nitrogen and oxygen atoms in total. The lowest BCUT2D eigenvalue weighted by molar-refractivity contribution is -0.133. The van der Waals surface area contributed by atoms with Crippen LogP contribution in [-0.4, -0.2) is 49.3 Å². The number of ether oxygens (including phenoxy) is 4. The van der Waals surface area contributed by atoms with Crippen molar-refractivity contribution in [1.82, 2.24) is 10.2 Å². The van der Waals surface area contributed by atoms with Crippen molar-refractivity contribution in [2.24, 2.45) is 0 Å². The zero-order chi connectivity index (χ0) is 21.6. The number of hydrogen-bond donors (Lipinski definition) is 2. The Morgan fingerprint density at radius 2 is 1.68 bits per heavy atom. The van der Waals surface area contributed by atoms with Crippen molar-refractivity contribution in [2.75, 3.05) is 31.9 Å². The van der Waals surface area contributed by atoms with Crippen LogP contribution in [0.1, 0.15) is 12.5 Å². The Hall–Kier alpha value is -3.95. The first-order valence-corrected chi connectivity index (χ1v) is 9.68. The van der Waals surface area contributed by atoms with Crippen molar-refractivity contribution in [3.63, 3.8) is 0 Å². The molecule has 0 bridgehead atoms. The summed E-state index contributed by atoms with van der Waals surface area (Å²) in [6, 6.07) is 9.35. The number of nitrogens with one attached hydrogen (secondary N) is 2. The van der Waals surface area contributed by atoms with E-state index in [1.165, 1.54) is 0 Å². The van der Waals surface area contributed by atoms with Gasteiger partial charge >= 0.3 is 6.03 Å². The van der Waals surface area contributed by atoms with Crippen LogP contribution >= 0.6 is 0 Å². The van der Waals surface area contributed by atoms with Crippen LogP contribution in [0.25, 0.3) is 0 Å². The summed E-state index contributed by atoms with van der Waals surface area (Å²) in [4.78, 5) is 39.0. The first-order chi connectivity index (χ1) is 14.9. The average molecular weight is 425 g/mol. The second kappa shape index (κ2) is 7.08. The first-order valence-electron chi connectivity index (χ1n) is 9.68. The Morgan fingerprint density at radius 3 is 2.52 bits per heavy atom. The van der Waals surface area contributed by atoms with Crippen molar-refractivity contribution >= 4 is 23.5 Å². The molecule has 1 atom stereocenters. The van der Waals surface area contributed by atoms with Gasteiger partial charge in [0.1, 0.15) is 25.3 Å². The van der Waals surface area contributed by atoms with Crippen molar-refractivity contribution in [1.29, 1.82) is 0 Å². The van der Waals surface area contributed by atoms with Crippen LogP contribution in [0.5, 0.6) is 23.0 Å². The molecule has 0 spiro atoms. The number of amides is 4. The molecule has 0 radical (unpaired) electrons. The number of urea groups is 1. The van der Waals surface area contributed by atoms with Gasteiger partial charge in [0.15, 0.2) is 23.0 Å². The van der Waals surface area contributed by atoms with Gasteiger partial charge in [-0.15, -0.1) is 0 Å². The zero-order valence-corrected chi connectivity index (χ0v) is 16.6. The standard InChI is InChI=1S/C21H19N3O7/c1-21(12-2-4-15-16(8-12)31-11-30-15)19(26)24(20(27)23-21)10-18(25)22-13-3-5-14-17(9-13)29-7-6-28-14/h2-5,8-9H,6-7,10-11H2,1H3,(H,22,25)(H,23,27)/t21-/m1/s1. The molecule has 160 valence electrons. The molecule has 2 aromatic rings. The number of hydrogen-bond acceptors (Lipinski definition) is 7. The molecule has 1 saturated heterocycles. The molecular formula is C21H19N3O7. The number of anilines is 1. The van der Waals surface area contributed by atoms with E-state index in [-0.39, 0.29) is 6.79 Å². The fourth-order valence-corrected chi connectivity index (χ4v) is 3.71. The number of imide groups is 1. The summed E-state index contributed by atoms with van der Waals surface area (Å²) < 4.78 is 21.6. The van der Waals surface area contributed by atoms with E-state index in [1.54, 1.807) is 43.3 Å². The maximum Gasteiger partial charge on any atom is 0.325 e. The number of nitrogens with zero attached hydrogens (tertiary/aromatic N) is 1. The molecule has 0 saturated carbocycles. The normalized spacial score (nSPS) is 21.1. The SMILES string of the molecule is C[C@]1(c2ccc3c(c2)OCO3)NC(=O)N(CC(=O)Nc2ccc3c(c2)OCCO3)C1=O. The van der Waals surface area contributed by atoms with Gasteiger partial charge in [0.05, 0.1) is 0 Å². The van der Waals surface area contributed by atoms with Crippen LogP contribution < -0.4 is 29.6 Å². The highest BCUT2D eigenvalue weighted by Gasteiger charge is 2.49. The van der Waals surface area contributed by atoms with Crippen LogP contribution in [0.15, 0.2) is 36.4 Å². The molecule has 3 heterocycles. The van der Waals surface area contributed by atoms with Gasteiger partial charge in [-0.3, -0.25) is 14.5 Å². The fourth-order valence-electron chi connectivity index (χ4n) is 3.71. The summed E-state index contributed by atoms with van der Waals surface area (Å²) in [5.41, 5.74) is -0.320. The molecule has 3 aliphatic rings. The third-order valence-corrected chi connectivity index (χ3v) is 5.35. The Bertz CT molecular complexity index is 1100. The monoisotopic (exact) mass is 425 g/mol. The molecule has 5 rings (SSSR count). The van der Waals surface area contributed by atoms with E-state index in [0.717, 1.165) is 4.90 Å².